The van der Waals surface area contributed by atoms with E-state index in [4.69, 9.17) is 4.74 Å². The number of aliphatic hydroxyl groups excluding tert-OH is 2. The Morgan fingerprint density at radius 3 is 2.50 bits per heavy atom. The highest BCUT2D eigenvalue weighted by atomic mass is 16.5. The molecule has 98 valence electrons. The second kappa shape index (κ2) is 6.78. The molecule has 2 unspecified atom stereocenters. The SMILES string of the molecule is C=CCOc1ccc(C(O)C(O)C(=O)OC)cc1. The Hall–Kier alpha value is -1.85. The standard InChI is InChI=1S/C13H16O5/c1-3-8-18-10-6-4-9(5-7-10)11(14)12(15)13(16)17-2/h3-7,11-12,14-15H,1,8H2,2H3. The molecule has 5 heteroatoms. The Kier molecular flexibility index (Phi) is 5.35. The number of hydrogen-bond acceptors (Lipinski definition) is 5. The Bertz CT molecular complexity index is 398. The predicted octanol–water partition coefficient (Wildman–Crippen LogP) is 0.819. The van der Waals surface area contributed by atoms with Crippen molar-refractivity contribution in [2.75, 3.05) is 13.7 Å². The molecule has 0 aromatic heterocycles. The van der Waals surface area contributed by atoms with E-state index >= 15 is 0 Å². The van der Waals surface area contributed by atoms with Crippen LogP contribution in [0.5, 0.6) is 5.75 Å². The highest BCUT2D eigenvalue weighted by molar-refractivity contribution is 5.75. The van der Waals surface area contributed by atoms with Gasteiger partial charge in [-0.15, -0.1) is 0 Å². The fourth-order valence-electron chi connectivity index (χ4n) is 1.35. The van der Waals surface area contributed by atoms with Crippen LogP contribution < -0.4 is 4.74 Å². The Labute approximate surface area is 105 Å². The smallest absolute Gasteiger partial charge is 0.337 e. The summed E-state index contributed by atoms with van der Waals surface area (Å²) in [5.41, 5.74) is 0.402. The third kappa shape index (κ3) is 3.58. The van der Waals surface area contributed by atoms with E-state index in [2.05, 4.69) is 11.3 Å². The van der Waals surface area contributed by atoms with Gasteiger partial charge in [0.05, 0.1) is 7.11 Å². The third-order valence-corrected chi connectivity index (χ3v) is 2.33. The van der Waals surface area contributed by atoms with Crippen molar-refractivity contribution in [1.29, 1.82) is 0 Å². The number of benzene rings is 1. The lowest BCUT2D eigenvalue weighted by molar-refractivity contribution is -0.156. The number of carbonyl (C=O) groups excluding carboxylic acids is 1. The van der Waals surface area contributed by atoms with Crippen molar-refractivity contribution < 1.29 is 24.5 Å². The maximum Gasteiger partial charge on any atom is 0.337 e. The molecule has 0 aliphatic heterocycles. The summed E-state index contributed by atoms with van der Waals surface area (Å²) in [7, 11) is 1.14. The number of methoxy groups -OCH3 is 1. The van der Waals surface area contributed by atoms with E-state index in [1.807, 2.05) is 0 Å². The molecule has 1 aromatic rings. The fraction of sp³-hybridized carbons (Fsp3) is 0.308. The van der Waals surface area contributed by atoms with Gasteiger partial charge in [-0.25, -0.2) is 4.79 Å². The summed E-state index contributed by atoms with van der Waals surface area (Å²) in [6, 6.07) is 6.39. The van der Waals surface area contributed by atoms with Gasteiger partial charge in [0.25, 0.3) is 0 Å². The van der Waals surface area contributed by atoms with Crippen LogP contribution in [0, 0.1) is 0 Å². The number of esters is 1. The minimum atomic E-state index is -1.60. The lowest BCUT2D eigenvalue weighted by atomic mass is 10.0. The molecule has 0 aliphatic rings. The number of ether oxygens (including phenoxy) is 2. The molecule has 2 N–H and O–H groups in total. The van der Waals surface area contributed by atoms with Crippen molar-refractivity contribution in [3.05, 3.63) is 42.5 Å². The molecule has 0 aliphatic carbocycles. The first-order chi connectivity index (χ1) is 8.60. The second-order valence-electron chi connectivity index (χ2n) is 3.58. The van der Waals surface area contributed by atoms with Crippen LogP contribution in [-0.4, -0.2) is 36.0 Å². The Morgan fingerprint density at radius 2 is 2.00 bits per heavy atom. The van der Waals surface area contributed by atoms with E-state index in [0.717, 1.165) is 7.11 Å². The molecule has 1 rings (SSSR count). The number of hydrogen-bond donors (Lipinski definition) is 2. The predicted molar refractivity (Wildman–Crippen MR) is 65.1 cm³/mol. The molecule has 0 radical (unpaired) electrons. The van der Waals surface area contributed by atoms with E-state index in [-0.39, 0.29) is 0 Å². The maximum absolute atomic E-state index is 11.1. The van der Waals surface area contributed by atoms with Crippen LogP contribution in [0.4, 0.5) is 0 Å². The van der Waals surface area contributed by atoms with Crippen molar-refractivity contribution in [2.45, 2.75) is 12.2 Å². The number of aliphatic hydroxyl groups is 2. The first-order valence-electron chi connectivity index (χ1n) is 5.37. The molecule has 0 fully saturated rings. The molecular formula is C13H16O5. The lowest BCUT2D eigenvalue weighted by Gasteiger charge is -2.16. The summed E-state index contributed by atoms with van der Waals surface area (Å²) in [6.45, 7) is 3.91. The van der Waals surface area contributed by atoms with Gasteiger partial charge in [0.1, 0.15) is 18.5 Å². The van der Waals surface area contributed by atoms with Crippen LogP contribution in [0.3, 0.4) is 0 Å². The zero-order chi connectivity index (χ0) is 13.5. The van der Waals surface area contributed by atoms with E-state index in [9.17, 15) is 15.0 Å². The number of rotatable bonds is 6. The molecule has 18 heavy (non-hydrogen) atoms. The normalized spacial score (nSPS) is 13.5. The Balaban J connectivity index is 2.72. The van der Waals surface area contributed by atoms with Crippen molar-refractivity contribution >= 4 is 5.97 Å². The quantitative estimate of drug-likeness (QED) is 0.579. The van der Waals surface area contributed by atoms with Crippen LogP contribution >= 0.6 is 0 Å². The average Bonchev–Trinajstić information content (AvgIpc) is 2.43. The largest absolute Gasteiger partial charge is 0.490 e. The van der Waals surface area contributed by atoms with Crippen molar-refractivity contribution in [3.63, 3.8) is 0 Å². The summed E-state index contributed by atoms with van der Waals surface area (Å²) in [5.74, 6) is -0.270. The third-order valence-electron chi connectivity index (χ3n) is 2.33. The van der Waals surface area contributed by atoms with Gasteiger partial charge in [-0.2, -0.15) is 0 Å². The van der Waals surface area contributed by atoms with Gasteiger partial charge in [-0.1, -0.05) is 24.8 Å². The highest BCUT2D eigenvalue weighted by Crippen LogP contribution is 2.21. The van der Waals surface area contributed by atoms with E-state index in [0.29, 0.717) is 17.9 Å². The van der Waals surface area contributed by atoms with Crippen LogP contribution in [0.25, 0.3) is 0 Å². The summed E-state index contributed by atoms with van der Waals surface area (Å²) < 4.78 is 9.61. The van der Waals surface area contributed by atoms with Crippen LogP contribution in [-0.2, 0) is 9.53 Å². The first-order valence-corrected chi connectivity index (χ1v) is 5.37. The van der Waals surface area contributed by atoms with Gasteiger partial charge >= 0.3 is 5.97 Å². The Morgan fingerprint density at radius 1 is 1.39 bits per heavy atom. The second-order valence-corrected chi connectivity index (χ2v) is 3.58. The molecule has 0 saturated carbocycles. The minimum absolute atomic E-state index is 0.382. The van der Waals surface area contributed by atoms with Gasteiger partial charge in [0, 0.05) is 0 Å². The summed E-state index contributed by atoms with van der Waals surface area (Å²) in [5, 5.41) is 19.2. The molecule has 0 amide bonds. The zero-order valence-electron chi connectivity index (χ0n) is 10.1. The molecule has 1 aromatic carbocycles. The van der Waals surface area contributed by atoms with Crippen LogP contribution in [0.1, 0.15) is 11.7 Å². The molecule has 0 saturated heterocycles. The fourth-order valence-corrected chi connectivity index (χ4v) is 1.35. The van der Waals surface area contributed by atoms with E-state index in [1.54, 1.807) is 30.3 Å². The maximum atomic E-state index is 11.1. The molecule has 2 atom stereocenters. The number of carbonyl (C=O) groups is 1. The van der Waals surface area contributed by atoms with Crippen molar-refractivity contribution in [2.24, 2.45) is 0 Å². The van der Waals surface area contributed by atoms with Crippen LogP contribution in [0.2, 0.25) is 0 Å². The minimum Gasteiger partial charge on any atom is -0.490 e. The molecule has 0 heterocycles. The van der Waals surface area contributed by atoms with E-state index in [1.165, 1.54) is 0 Å². The van der Waals surface area contributed by atoms with Crippen molar-refractivity contribution in [3.8, 4) is 5.75 Å². The van der Waals surface area contributed by atoms with Gasteiger partial charge in [-0.3, -0.25) is 0 Å². The summed E-state index contributed by atoms with van der Waals surface area (Å²) >= 11 is 0. The molecule has 0 spiro atoms. The first kappa shape index (κ1) is 14.2. The average molecular weight is 252 g/mol. The highest BCUT2D eigenvalue weighted by Gasteiger charge is 2.26. The topological polar surface area (TPSA) is 76.0 Å². The van der Waals surface area contributed by atoms with Crippen molar-refractivity contribution in [1.82, 2.24) is 0 Å². The van der Waals surface area contributed by atoms with Gasteiger partial charge in [0.2, 0.25) is 0 Å². The van der Waals surface area contributed by atoms with Crippen LogP contribution in [0.15, 0.2) is 36.9 Å². The van der Waals surface area contributed by atoms with Gasteiger partial charge in [0.15, 0.2) is 6.10 Å². The van der Waals surface area contributed by atoms with Gasteiger partial charge in [-0.05, 0) is 17.7 Å². The summed E-state index contributed by atoms with van der Waals surface area (Å²) in [6.07, 6.45) is -1.31. The van der Waals surface area contributed by atoms with E-state index < -0.39 is 18.2 Å². The zero-order valence-corrected chi connectivity index (χ0v) is 10.1. The summed E-state index contributed by atoms with van der Waals surface area (Å²) in [4.78, 5) is 11.1. The lowest BCUT2D eigenvalue weighted by Crippen LogP contribution is -2.28. The molecular weight excluding hydrogens is 236 g/mol. The monoisotopic (exact) mass is 252 g/mol. The van der Waals surface area contributed by atoms with Gasteiger partial charge < -0.3 is 19.7 Å². The molecule has 5 nitrogen and oxygen atoms in total. The molecule has 0 bridgehead atoms.